The van der Waals surface area contributed by atoms with E-state index in [1.807, 2.05) is 0 Å². The Morgan fingerprint density at radius 3 is 2.34 bits per heavy atom. The van der Waals surface area contributed by atoms with E-state index in [0.717, 1.165) is 4.31 Å². The molecule has 29 heavy (non-hydrogen) atoms. The van der Waals surface area contributed by atoms with E-state index >= 15 is 0 Å². The van der Waals surface area contributed by atoms with Gasteiger partial charge in [-0.1, -0.05) is 12.1 Å². The van der Waals surface area contributed by atoms with Crippen LogP contribution >= 0.6 is 15.9 Å². The number of halogens is 2. The summed E-state index contributed by atoms with van der Waals surface area (Å²) in [6.45, 7) is -0.0443. The van der Waals surface area contributed by atoms with Crippen LogP contribution in [0.1, 0.15) is 15.9 Å². The highest BCUT2D eigenvalue weighted by atomic mass is 79.9. The van der Waals surface area contributed by atoms with Gasteiger partial charge in [0.1, 0.15) is 5.82 Å². The van der Waals surface area contributed by atoms with Gasteiger partial charge in [0, 0.05) is 30.7 Å². The standard InChI is InChI=1S/C19H21BrFN3O4S/c1-24(2)29(27,28)17-10-13(5-8-16(17)20)19(26)23-11-14(18(22)25)9-12-3-6-15(21)7-4-12/h3-8,10,14H,9,11H2,1-2H3,(H2,22,25)(H,23,26). The maximum absolute atomic E-state index is 13.0. The van der Waals surface area contributed by atoms with E-state index < -0.39 is 33.6 Å². The first-order valence-electron chi connectivity index (χ1n) is 8.56. The Balaban J connectivity index is 2.14. The van der Waals surface area contributed by atoms with Gasteiger partial charge in [-0.05, 0) is 58.2 Å². The predicted molar refractivity (Wildman–Crippen MR) is 110 cm³/mol. The maximum atomic E-state index is 13.0. The van der Waals surface area contributed by atoms with Crippen LogP contribution in [0.25, 0.3) is 0 Å². The highest BCUT2D eigenvalue weighted by Crippen LogP contribution is 2.25. The number of rotatable bonds is 8. The Bertz CT molecular complexity index is 1010. The van der Waals surface area contributed by atoms with Gasteiger partial charge < -0.3 is 11.1 Å². The number of benzene rings is 2. The topological polar surface area (TPSA) is 110 Å². The fourth-order valence-electron chi connectivity index (χ4n) is 2.54. The van der Waals surface area contributed by atoms with Crippen molar-refractivity contribution in [3.8, 4) is 0 Å². The zero-order valence-electron chi connectivity index (χ0n) is 15.9. The second-order valence-corrected chi connectivity index (χ2v) is 9.55. The number of hydrogen-bond donors (Lipinski definition) is 2. The van der Waals surface area contributed by atoms with E-state index in [2.05, 4.69) is 21.2 Å². The highest BCUT2D eigenvalue weighted by molar-refractivity contribution is 9.10. The zero-order valence-corrected chi connectivity index (χ0v) is 18.3. The molecule has 2 aromatic rings. The predicted octanol–water partition coefficient (Wildman–Crippen LogP) is 1.91. The number of carbonyl (C=O) groups excluding carboxylic acids is 2. The maximum Gasteiger partial charge on any atom is 0.251 e. The molecule has 0 bridgehead atoms. The molecule has 0 saturated carbocycles. The van der Waals surface area contributed by atoms with E-state index in [1.54, 1.807) is 12.1 Å². The summed E-state index contributed by atoms with van der Waals surface area (Å²) in [4.78, 5) is 24.2. The summed E-state index contributed by atoms with van der Waals surface area (Å²) < 4.78 is 39.2. The van der Waals surface area contributed by atoms with Gasteiger partial charge in [0.05, 0.1) is 10.8 Å². The smallest absolute Gasteiger partial charge is 0.251 e. The van der Waals surface area contributed by atoms with E-state index in [9.17, 15) is 22.4 Å². The van der Waals surface area contributed by atoms with Crippen molar-refractivity contribution >= 4 is 37.8 Å². The first-order valence-corrected chi connectivity index (χ1v) is 10.8. The summed E-state index contributed by atoms with van der Waals surface area (Å²) in [5.41, 5.74) is 6.24. The van der Waals surface area contributed by atoms with E-state index in [-0.39, 0.29) is 23.4 Å². The van der Waals surface area contributed by atoms with Crippen molar-refractivity contribution in [2.75, 3.05) is 20.6 Å². The molecule has 1 unspecified atom stereocenters. The number of amides is 2. The highest BCUT2D eigenvalue weighted by Gasteiger charge is 2.23. The molecule has 3 N–H and O–H groups in total. The summed E-state index contributed by atoms with van der Waals surface area (Å²) in [5.74, 6) is -2.25. The third-order valence-electron chi connectivity index (χ3n) is 4.26. The second kappa shape index (κ2) is 9.47. The van der Waals surface area contributed by atoms with E-state index in [0.29, 0.717) is 10.0 Å². The fraction of sp³-hybridized carbons (Fsp3) is 0.263. The van der Waals surface area contributed by atoms with Crippen molar-refractivity contribution in [1.82, 2.24) is 9.62 Å². The van der Waals surface area contributed by atoms with Gasteiger partial charge in [0.25, 0.3) is 5.91 Å². The van der Waals surface area contributed by atoms with E-state index in [1.165, 1.54) is 44.4 Å². The van der Waals surface area contributed by atoms with Crippen LogP contribution in [0.2, 0.25) is 0 Å². The normalized spacial score (nSPS) is 12.6. The molecule has 0 aliphatic carbocycles. The Morgan fingerprint density at radius 1 is 1.17 bits per heavy atom. The number of hydrogen-bond acceptors (Lipinski definition) is 4. The van der Waals surface area contributed by atoms with Crippen LogP contribution in [-0.2, 0) is 21.2 Å². The molecule has 2 aromatic carbocycles. The third-order valence-corrected chi connectivity index (χ3v) is 7.07. The lowest BCUT2D eigenvalue weighted by Gasteiger charge is -2.16. The second-order valence-electron chi connectivity index (χ2n) is 6.57. The number of primary amides is 1. The number of nitrogens with one attached hydrogen (secondary N) is 1. The Morgan fingerprint density at radius 2 is 1.79 bits per heavy atom. The van der Waals surface area contributed by atoms with Crippen LogP contribution in [0.5, 0.6) is 0 Å². The number of nitrogens with zero attached hydrogens (tertiary/aromatic N) is 1. The molecule has 1 atom stereocenters. The molecule has 0 spiro atoms. The van der Waals surface area contributed by atoms with Gasteiger partial charge >= 0.3 is 0 Å². The molecule has 0 aliphatic heterocycles. The molecular formula is C19H21BrFN3O4S. The lowest BCUT2D eigenvalue weighted by molar-refractivity contribution is -0.121. The molecule has 156 valence electrons. The van der Waals surface area contributed by atoms with Crippen LogP contribution < -0.4 is 11.1 Å². The molecule has 2 rings (SSSR count). The van der Waals surface area contributed by atoms with Crippen molar-refractivity contribution in [3.05, 3.63) is 63.9 Å². The minimum atomic E-state index is -3.75. The van der Waals surface area contributed by atoms with Crippen LogP contribution in [0, 0.1) is 11.7 Å². The minimum absolute atomic E-state index is 0.0443. The van der Waals surface area contributed by atoms with Crippen molar-refractivity contribution in [1.29, 1.82) is 0 Å². The number of carbonyl (C=O) groups is 2. The molecule has 0 fully saturated rings. The van der Waals surface area contributed by atoms with Crippen LogP contribution in [0.4, 0.5) is 4.39 Å². The molecule has 7 nitrogen and oxygen atoms in total. The van der Waals surface area contributed by atoms with Crippen molar-refractivity contribution < 1.29 is 22.4 Å². The van der Waals surface area contributed by atoms with Crippen molar-refractivity contribution in [2.45, 2.75) is 11.3 Å². The lowest BCUT2D eigenvalue weighted by atomic mass is 9.98. The SMILES string of the molecule is CN(C)S(=O)(=O)c1cc(C(=O)NCC(Cc2ccc(F)cc2)C(N)=O)ccc1Br. The summed E-state index contributed by atoms with van der Waals surface area (Å²) in [7, 11) is -0.970. The van der Waals surface area contributed by atoms with Crippen LogP contribution in [0.3, 0.4) is 0 Å². The molecule has 0 aromatic heterocycles. The molecule has 0 saturated heterocycles. The minimum Gasteiger partial charge on any atom is -0.369 e. The molecule has 10 heteroatoms. The number of nitrogens with two attached hydrogens (primary N) is 1. The van der Waals surface area contributed by atoms with Gasteiger partial charge in [-0.15, -0.1) is 0 Å². The number of sulfonamides is 1. The van der Waals surface area contributed by atoms with Gasteiger partial charge in [-0.2, -0.15) is 0 Å². The summed E-state index contributed by atoms with van der Waals surface area (Å²) in [5, 5.41) is 2.60. The molecule has 0 aliphatic rings. The Labute approximate surface area is 177 Å². The van der Waals surface area contributed by atoms with Gasteiger partial charge in [0.15, 0.2) is 0 Å². The van der Waals surface area contributed by atoms with Crippen LogP contribution in [-0.4, -0.2) is 45.2 Å². The molecule has 0 heterocycles. The Kier molecular flexibility index (Phi) is 7.50. The average Bonchev–Trinajstić information content (AvgIpc) is 2.66. The molecular weight excluding hydrogens is 465 g/mol. The summed E-state index contributed by atoms with van der Waals surface area (Å²) in [6.07, 6.45) is 0.233. The lowest BCUT2D eigenvalue weighted by Crippen LogP contribution is -2.37. The van der Waals surface area contributed by atoms with Crippen molar-refractivity contribution in [3.63, 3.8) is 0 Å². The monoisotopic (exact) mass is 485 g/mol. The van der Waals surface area contributed by atoms with Gasteiger partial charge in [-0.3, -0.25) is 9.59 Å². The van der Waals surface area contributed by atoms with Crippen molar-refractivity contribution in [2.24, 2.45) is 11.7 Å². The van der Waals surface area contributed by atoms with Gasteiger partial charge in [-0.25, -0.2) is 17.1 Å². The first kappa shape index (κ1) is 23.0. The Hall–Kier alpha value is -2.30. The largest absolute Gasteiger partial charge is 0.369 e. The van der Waals surface area contributed by atoms with E-state index in [4.69, 9.17) is 5.73 Å². The fourth-order valence-corrected chi connectivity index (χ4v) is 4.38. The average molecular weight is 486 g/mol. The van der Waals surface area contributed by atoms with Gasteiger partial charge in [0.2, 0.25) is 15.9 Å². The quantitative estimate of drug-likeness (QED) is 0.594. The first-order chi connectivity index (χ1) is 13.5. The third kappa shape index (κ3) is 5.84. The molecule has 0 radical (unpaired) electrons. The molecule has 2 amide bonds. The zero-order chi connectivity index (χ0) is 21.8. The summed E-state index contributed by atoms with van der Waals surface area (Å²) in [6, 6.07) is 9.83. The van der Waals surface area contributed by atoms with Crippen LogP contribution in [0.15, 0.2) is 51.8 Å². The summed E-state index contributed by atoms with van der Waals surface area (Å²) >= 11 is 3.18.